The average Bonchev–Trinajstić information content (AvgIpc) is 3.09. The minimum atomic E-state index is -0.419. The smallest absolute Gasteiger partial charge is 0.299 e. The van der Waals surface area contributed by atoms with Gasteiger partial charge in [0.1, 0.15) is 11.6 Å². The van der Waals surface area contributed by atoms with Crippen LogP contribution < -0.4 is 4.74 Å². The molecule has 0 unspecified atom stereocenters. The van der Waals surface area contributed by atoms with E-state index in [0.717, 1.165) is 11.3 Å². The number of nitrogens with zero attached hydrogens (tertiary/aromatic N) is 4. The van der Waals surface area contributed by atoms with E-state index in [4.69, 9.17) is 16.3 Å². The zero-order chi connectivity index (χ0) is 15.8. The molecule has 0 aliphatic rings. The quantitative estimate of drug-likeness (QED) is 0.550. The monoisotopic (exact) mass is 346 g/mol. The Balaban J connectivity index is 1.64. The molecule has 0 aliphatic heterocycles. The third-order valence-corrected chi connectivity index (χ3v) is 4.17. The van der Waals surface area contributed by atoms with Crippen molar-refractivity contribution in [3.63, 3.8) is 0 Å². The summed E-state index contributed by atoms with van der Waals surface area (Å²) in [7, 11) is 0. The summed E-state index contributed by atoms with van der Waals surface area (Å²) in [5.74, 6) is -0.0741. The third-order valence-electron chi connectivity index (χ3n) is 3.07. The number of pyridine rings is 1. The number of imidazole rings is 1. The van der Waals surface area contributed by atoms with Gasteiger partial charge in [-0.25, -0.2) is 13.9 Å². The van der Waals surface area contributed by atoms with Crippen LogP contribution in [0.5, 0.6) is 10.9 Å². The van der Waals surface area contributed by atoms with Gasteiger partial charge in [-0.3, -0.25) is 4.98 Å². The Hall–Kier alpha value is -2.51. The van der Waals surface area contributed by atoms with E-state index in [1.807, 2.05) is 12.1 Å². The first-order valence-electron chi connectivity index (χ1n) is 6.58. The van der Waals surface area contributed by atoms with Crippen LogP contribution in [0.15, 0.2) is 48.9 Å². The first kappa shape index (κ1) is 14.1. The SMILES string of the molecule is Fc1ccc(Oc2nn3cc(-c4cccnc4)nc3s2)c(Cl)c1. The average molecular weight is 347 g/mol. The van der Waals surface area contributed by atoms with Crippen LogP contribution in [-0.4, -0.2) is 19.6 Å². The van der Waals surface area contributed by atoms with E-state index in [2.05, 4.69) is 15.1 Å². The summed E-state index contributed by atoms with van der Waals surface area (Å²) in [6.07, 6.45) is 5.24. The van der Waals surface area contributed by atoms with Crippen LogP contribution in [0.25, 0.3) is 16.2 Å². The fourth-order valence-electron chi connectivity index (χ4n) is 2.03. The number of rotatable bonds is 3. The summed E-state index contributed by atoms with van der Waals surface area (Å²) < 4.78 is 20.3. The molecule has 1 aromatic carbocycles. The Bertz CT molecular complexity index is 954. The Labute approximate surface area is 139 Å². The van der Waals surface area contributed by atoms with Gasteiger partial charge in [0, 0.05) is 18.0 Å². The van der Waals surface area contributed by atoms with Crippen LogP contribution in [-0.2, 0) is 0 Å². The molecule has 5 nitrogen and oxygen atoms in total. The molecule has 4 rings (SSSR count). The molecule has 0 amide bonds. The molecule has 0 saturated heterocycles. The molecular weight excluding hydrogens is 339 g/mol. The van der Waals surface area contributed by atoms with Crippen LogP contribution >= 0.6 is 22.9 Å². The fourth-order valence-corrected chi connectivity index (χ4v) is 2.98. The molecule has 0 saturated carbocycles. The van der Waals surface area contributed by atoms with Gasteiger partial charge in [0.2, 0.25) is 4.96 Å². The highest BCUT2D eigenvalue weighted by atomic mass is 35.5. The number of halogens is 2. The van der Waals surface area contributed by atoms with E-state index in [-0.39, 0.29) is 5.02 Å². The minimum absolute atomic E-state index is 0.189. The maximum atomic E-state index is 13.0. The van der Waals surface area contributed by atoms with E-state index >= 15 is 0 Å². The Morgan fingerprint density at radius 3 is 2.91 bits per heavy atom. The van der Waals surface area contributed by atoms with Gasteiger partial charge in [-0.05, 0) is 41.7 Å². The van der Waals surface area contributed by atoms with E-state index in [1.165, 1.54) is 29.5 Å². The molecule has 0 atom stereocenters. The van der Waals surface area contributed by atoms with Crippen molar-refractivity contribution in [1.29, 1.82) is 0 Å². The summed E-state index contributed by atoms with van der Waals surface area (Å²) in [4.78, 5) is 9.24. The van der Waals surface area contributed by atoms with Crippen molar-refractivity contribution < 1.29 is 9.13 Å². The predicted octanol–water partition coefficient (Wildman–Crippen LogP) is 4.44. The Morgan fingerprint density at radius 1 is 1.26 bits per heavy atom. The third kappa shape index (κ3) is 2.76. The van der Waals surface area contributed by atoms with Crippen molar-refractivity contribution in [2.45, 2.75) is 0 Å². The first-order chi connectivity index (χ1) is 11.2. The predicted molar refractivity (Wildman–Crippen MR) is 85.6 cm³/mol. The van der Waals surface area contributed by atoms with Crippen LogP contribution in [0.4, 0.5) is 4.39 Å². The lowest BCUT2D eigenvalue weighted by Gasteiger charge is -2.02. The summed E-state index contributed by atoms with van der Waals surface area (Å²) in [6, 6.07) is 7.70. The highest BCUT2D eigenvalue weighted by Crippen LogP contribution is 2.33. The second kappa shape index (κ2) is 5.60. The van der Waals surface area contributed by atoms with Crippen molar-refractivity contribution in [2.75, 3.05) is 0 Å². The molecule has 0 fully saturated rings. The highest BCUT2D eigenvalue weighted by molar-refractivity contribution is 7.18. The molecule has 0 radical (unpaired) electrons. The minimum Gasteiger partial charge on any atom is -0.428 e. The fraction of sp³-hybridized carbons (Fsp3) is 0. The van der Waals surface area contributed by atoms with Crippen molar-refractivity contribution in [2.24, 2.45) is 0 Å². The molecule has 8 heteroatoms. The number of hydrogen-bond donors (Lipinski definition) is 0. The summed E-state index contributed by atoms with van der Waals surface area (Å²) in [6.45, 7) is 0. The second-order valence-corrected chi connectivity index (χ2v) is 5.97. The molecule has 0 aliphatic carbocycles. The van der Waals surface area contributed by atoms with Gasteiger partial charge in [-0.2, -0.15) is 0 Å². The highest BCUT2D eigenvalue weighted by Gasteiger charge is 2.12. The Kier molecular flexibility index (Phi) is 3.44. The molecular formula is C15H8ClFN4OS. The normalized spacial score (nSPS) is 11.0. The number of hydrogen-bond acceptors (Lipinski definition) is 5. The van der Waals surface area contributed by atoms with Crippen molar-refractivity contribution in [3.8, 4) is 22.2 Å². The van der Waals surface area contributed by atoms with Gasteiger partial charge in [0.15, 0.2) is 0 Å². The van der Waals surface area contributed by atoms with Gasteiger partial charge in [-0.1, -0.05) is 11.6 Å². The maximum absolute atomic E-state index is 13.0. The van der Waals surface area contributed by atoms with E-state index in [9.17, 15) is 4.39 Å². The van der Waals surface area contributed by atoms with Gasteiger partial charge in [0.25, 0.3) is 5.19 Å². The zero-order valence-corrected chi connectivity index (χ0v) is 13.1. The van der Waals surface area contributed by atoms with Crippen LogP contribution in [0.3, 0.4) is 0 Å². The van der Waals surface area contributed by atoms with E-state index < -0.39 is 5.82 Å². The lowest BCUT2D eigenvalue weighted by molar-refractivity contribution is 0.469. The number of fused-ring (bicyclic) bond motifs is 1. The first-order valence-corrected chi connectivity index (χ1v) is 7.78. The van der Waals surface area contributed by atoms with Crippen molar-refractivity contribution in [1.82, 2.24) is 19.6 Å². The molecule has 3 heterocycles. The summed E-state index contributed by atoms with van der Waals surface area (Å²) in [5.41, 5.74) is 1.69. The second-order valence-electron chi connectivity index (χ2n) is 4.64. The lowest BCUT2D eigenvalue weighted by Crippen LogP contribution is -1.87. The van der Waals surface area contributed by atoms with Crippen LogP contribution in [0.1, 0.15) is 0 Å². The molecule has 4 aromatic rings. The van der Waals surface area contributed by atoms with Crippen molar-refractivity contribution in [3.05, 3.63) is 59.8 Å². The number of aromatic nitrogens is 4. The Morgan fingerprint density at radius 2 is 2.17 bits per heavy atom. The van der Waals surface area contributed by atoms with Crippen molar-refractivity contribution >= 4 is 27.9 Å². The zero-order valence-electron chi connectivity index (χ0n) is 11.5. The number of ether oxygens (including phenoxy) is 1. The van der Waals surface area contributed by atoms with Crippen LogP contribution in [0.2, 0.25) is 5.02 Å². The van der Waals surface area contributed by atoms with Gasteiger partial charge >= 0.3 is 0 Å². The van der Waals surface area contributed by atoms with Gasteiger partial charge < -0.3 is 4.74 Å². The standard InChI is InChI=1S/C15H8ClFN4OS/c16-11-6-10(17)3-4-13(11)22-15-20-21-8-12(19-14(21)23-15)9-2-1-5-18-7-9/h1-8H. The maximum Gasteiger partial charge on any atom is 0.299 e. The van der Waals surface area contributed by atoms with Gasteiger partial charge in [-0.15, -0.1) is 5.10 Å². The molecule has 3 aromatic heterocycles. The van der Waals surface area contributed by atoms with Gasteiger partial charge in [0.05, 0.1) is 16.9 Å². The number of benzene rings is 1. The summed E-state index contributed by atoms with van der Waals surface area (Å²) >= 11 is 7.21. The molecule has 0 N–H and O–H groups in total. The van der Waals surface area contributed by atoms with E-state index in [0.29, 0.717) is 15.9 Å². The van der Waals surface area contributed by atoms with Crippen LogP contribution in [0, 0.1) is 5.82 Å². The molecule has 114 valence electrons. The topological polar surface area (TPSA) is 52.3 Å². The molecule has 0 bridgehead atoms. The summed E-state index contributed by atoms with van der Waals surface area (Å²) in [5, 5.41) is 4.86. The van der Waals surface area contributed by atoms with E-state index in [1.54, 1.807) is 23.1 Å². The molecule has 23 heavy (non-hydrogen) atoms. The molecule has 0 spiro atoms. The largest absolute Gasteiger partial charge is 0.428 e. The lowest BCUT2D eigenvalue weighted by atomic mass is 10.2.